The average molecular weight is 164 g/mol. The van der Waals surface area contributed by atoms with Crippen molar-refractivity contribution in [3.63, 3.8) is 0 Å². The van der Waals surface area contributed by atoms with Crippen molar-refractivity contribution in [2.24, 2.45) is 5.84 Å². The number of para-hydroxylation sites is 1. The molecule has 0 radical (unpaired) electrons. The van der Waals surface area contributed by atoms with E-state index < -0.39 is 0 Å². The summed E-state index contributed by atoms with van der Waals surface area (Å²) in [4.78, 5) is 0. The summed E-state index contributed by atoms with van der Waals surface area (Å²) < 4.78 is 0. The fourth-order valence-corrected chi connectivity index (χ4v) is 0.884. The van der Waals surface area contributed by atoms with E-state index in [9.17, 15) is 0 Å². The Morgan fingerprint density at radius 1 is 1.42 bits per heavy atom. The smallest absolute Gasteiger partial charge is 0.207 e. The molecular weight excluding hydrogens is 152 g/mol. The predicted octanol–water partition coefficient (Wildman–Crippen LogP) is 0.805. The number of benzene rings is 1. The molecule has 0 aliphatic rings. The fourth-order valence-electron chi connectivity index (χ4n) is 0.884. The molecule has 0 saturated carbocycles. The molecule has 0 saturated heterocycles. The Labute approximate surface area is 71.3 Å². The van der Waals surface area contributed by atoms with Gasteiger partial charge in [-0.3, -0.25) is 10.8 Å². The number of rotatable bonds is 1. The molecule has 0 atom stereocenters. The van der Waals surface area contributed by atoms with Gasteiger partial charge in [0.25, 0.3) is 0 Å². The number of hydrazine groups is 1. The van der Waals surface area contributed by atoms with Gasteiger partial charge in [0.15, 0.2) is 0 Å². The normalized spacial score (nSPS) is 9.17. The van der Waals surface area contributed by atoms with Crippen LogP contribution in [0.15, 0.2) is 24.3 Å². The Balaban J connectivity index is 2.75. The Bertz CT molecular complexity index is 282. The van der Waals surface area contributed by atoms with E-state index in [0.717, 1.165) is 11.3 Å². The maximum atomic E-state index is 7.22. The first-order valence-electron chi connectivity index (χ1n) is 3.62. The van der Waals surface area contributed by atoms with Crippen LogP contribution < -0.4 is 16.6 Å². The van der Waals surface area contributed by atoms with Crippen molar-refractivity contribution in [2.45, 2.75) is 6.92 Å². The van der Waals surface area contributed by atoms with Gasteiger partial charge in [-0.2, -0.15) is 0 Å². The molecule has 0 bridgehead atoms. The third-order valence-electron chi connectivity index (χ3n) is 1.55. The number of anilines is 1. The van der Waals surface area contributed by atoms with Gasteiger partial charge in [-0.25, -0.2) is 5.84 Å². The summed E-state index contributed by atoms with van der Waals surface area (Å²) in [6.07, 6.45) is 0. The molecule has 0 aliphatic heterocycles. The second-order valence-electron chi connectivity index (χ2n) is 2.46. The fraction of sp³-hybridized carbons (Fsp3) is 0.125. The van der Waals surface area contributed by atoms with Gasteiger partial charge in [-0.05, 0) is 18.6 Å². The minimum atomic E-state index is 0.0873. The lowest BCUT2D eigenvalue weighted by atomic mass is 10.2. The third kappa shape index (κ3) is 1.96. The molecule has 1 aromatic carbocycles. The highest BCUT2D eigenvalue weighted by atomic mass is 15.3. The Morgan fingerprint density at radius 3 is 2.67 bits per heavy atom. The minimum Gasteiger partial charge on any atom is -0.325 e. The van der Waals surface area contributed by atoms with Crippen LogP contribution in [0.3, 0.4) is 0 Å². The van der Waals surface area contributed by atoms with E-state index in [1.54, 1.807) is 0 Å². The van der Waals surface area contributed by atoms with Crippen molar-refractivity contribution in [3.05, 3.63) is 29.8 Å². The van der Waals surface area contributed by atoms with E-state index in [1.165, 1.54) is 0 Å². The van der Waals surface area contributed by atoms with Crippen molar-refractivity contribution < 1.29 is 0 Å². The number of aryl methyl sites for hydroxylation is 1. The van der Waals surface area contributed by atoms with Crippen LogP contribution in [0, 0.1) is 12.3 Å². The van der Waals surface area contributed by atoms with Gasteiger partial charge in [-0.1, -0.05) is 18.2 Å². The summed E-state index contributed by atoms with van der Waals surface area (Å²) in [5.74, 6) is 5.12. The topological polar surface area (TPSA) is 73.9 Å². The summed E-state index contributed by atoms with van der Waals surface area (Å²) in [6.45, 7) is 1.96. The molecule has 0 heterocycles. The molecule has 12 heavy (non-hydrogen) atoms. The second-order valence-corrected chi connectivity index (χ2v) is 2.46. The second kappa shape index (κ2) is 3.73. The summed E-state index contributed by atoms with van der Waals surface area (Å²) >= 11 is 0. The number of hydrogen-bond acceptors (Lipinski definition) is 2. The maximum Gasteiger partial charge on any atom is 0.207 e. The molecule has 0 spiro atoms. The summed E-state index contributed by atoms with van der Waals surface area (Å²) in [7, 11) is 0. The lowest BCUT2D eigenvalue weighted by molar-refractivity contribution is 1.01. The highest BCUT2D eigenvalue weighted by Gasteiger charge is 1.96. The summed E-state index contributed by atoms with van der Waals surface area (Å²) in [5.41, 5.74) is 4.18. The van der Waals surface area contributed by atoms with Gasteiger partial charge in [0.2, 0.25) is 5.96 Å². The number of hydrogen-bond donors (Lipinski definition) is 4. The molecule has 4 heteroatoms. The van der Waals surface area contributed by atoms with Crippen LogP contribution >= 0.6 is 0 Å². The summed E-state index contributed by atoms with van der Waals surface area (Å²) in [6, 6.07) is 7.70. The van der Waals surface area contributed by atoms with Crippen molar-refractivity contribution in [1.82, 2.24) is 5.43 Å². The van der Waals surface area contributed by atoms with Crippen molar-refractivity contribution in [1.29, 1.82) is 5.41 Å². The van der Waals surface area contributed by atoms with E-state index in [0.29, 0.717) is 0 Å². The molecule has 1 rings (SSSR count). The van der Waals surface area contributed by atoms with E-state index in [1.807, 2.05) is 31.2 Å². The molecule has 1 aromatic rings. The highest BCUT2D eigenvalue weighted by molar-refractivity contribution is 5.91. The van der Waals surface area contributed by atoms with Crippen LogP contribution in [0.2, 0.25) is 0 Å². The predicted molar refractivity (Wildman–Crippen MR) is 49.9 cm³/mol. The molecule has 0 aromatic heterocycles. The number of nitrogens with one attached hydrogen (secondary N) is 3. The van der Waals surface area contributed by atoms with E-state index in [4.69, 9.17) is 11.3 Å². The van der Waals surface area contributed by atoms with Gasteiger partial charge < -0.3 is 5.32 Å². The van der Waals surface area contributed by atoms with Crippen LogP contribution in [0.5, 0.6) is 0 Å². The third-order valence-corrected chi connectivity index (χ3v) is 1.55. The van der Waals surface area contributed by atoms with Crippen molar-refractivity contribution >= 4 is 11.6 Å². The quantitative estimate of drug-likeness (QED) is 0.215. The molecule has 0 fully saturated rings. The Hall–Kier alpha value is -1.55. The van der Waals surface area contributed by atoms with Gasteiger partial charge in [0.05, 0.1) is 0 Å². The van der Waals surface area contributed by atoms with Crippen LogP contribution in [-0.2, 0) is 0 Å². The Kier molecular flexibility index (Phi) is 2.66. The van der Waals surface area contributed by atoms with E-state index in [-0.39, 0.29) is 5.96 Å². The van der Waals surface area contributed by atoms with Crippen LogP contribution in [0.25, 0.3) is 0 Å². The molecule has 0 aliphatic carbocycles. The maximum absolute atomic E-state index is 7.22. The van der Waals surface area contributed by atoms with Crippen LogP contribution in [0.4, 0.5) is 5.69 Å². The zero-order valence-electron chi connectivity index (χ0n) is 6.89. The molecule has 5 N–H and O–H groups in total. The first-order chi connectivity index (χ1) is 5.74. The van der Waals surface area contributed by atoms with Gasteiger partial charge >= 0.3 is 0 Å². The van der Waals surface area contributed by atoms with Gasteiger partial charge in [-0.15, -0.1) is 0 Å². The SMILES string of the molecule is Cc1ccccc1NC(=N)NN. The lowest BCUT2D eigenvalue weighted by Gasteiger charge is -2.08. The van der Waals surface area contributed by atoms with E-state index >= 15 is 0 Å². The molecular formula is C8H12N4. The van der Waals surface area contributed by atoms with Crippen LogP contribution in [-0.4, -0.2) is 5.96 Å². The zero-order valence-corrected chi connectivity index (χ0v) is 6.89. The van der Waals surface area contributed by atoms with E-state index in [2.05, 4.69) is 10.7 Å². The zero-order chi connectivity index (χ0) is 8.97. The number of nitrogens with two attached hydrogens (primary N) is 1. The van der Waals surface area contributed by atoms with Gasteiger partial charge in [0, 0.05) is 5.69 Å². The number of guanidine groups is 1. The molecule has 64 valence electrons. The first-order valence-corrected chi connectivity index (χ1v) is 3.62. The summed E-state index contributed by atoms with van der Waals surface area (Å²) in [5, 5.41) is 10.0. The molecule has 0 unspecified atom stereocenters. The molecule has 4 nitrogen and oxygen atoms in total. The van der Waals surface area contributed by atoms with Crippen LogP contribution in [0.1, 0.15) is 5.56 Å². The van der Waals surface area contributed by atoms with Gasteiger partial charge in [0.1, 0.15) is 0 Å². The lowest BCUT2D eigenvalue weighted by Crippen LogP contribution is -2.35. The molecule has 0 amide bonds. The standard InChI is InChI=1S/C8H12N4/c1-6-4-2-3-5-7(6)11-8(9)12-10/h2-5H,10H2,1H3,(H3,9,11,12). The van der Waals surface area contributed by atoms with Crippen molar-refractivity contribution in [2.75, 3.05) is 5.32 Å². The monoisotopic (exact) mass is 164 g/mol. The average Bonchev–Trinajstić information content (AvgIpc) is 2.09. The van der Waals surface area contributed by atoms with Crippen molar-refractivity contribution in [3.8, 4) is 0 Å². The first kappa shape index (κ1) is 8.55. The highest BCUT2D eigenvalue weighted by Crippen LogP contribution is 2.11. The minimum absolute atomic E-state index is 0.0873. The Morgan fingerprint density at radius 2 is 2.08 bits per heavy atom. The largest absolute Gasteiger partial charge is 0.325 e.